The predicted octanol–water partition coefficient (Wildman–Crippen LogP) is 2.42. The van der Waals surface area contributed by atoms with Gasteiger partial charge in [-0.25, -0.2) is 0 Å². The van der Waals surface area contributed by atoms with Gasteiger partial charge in [0.25, 0.3) is 0 Å². The Labute approximate surface area is 170 Å². The third kappa shape index (κ3) is 4.27. The summed E-state index contributed by atoms with van der Waals surface area (Å²) >= 11 is 0. The summed E-state index contributed by atoms with van der Waals surface area (Å²) in [5.41, 5.74) is 2.44. The number of hydrogen-bond acceptors (Lipinski definition) is 7. The summed E-state index contributed by atoms with van der Waals surface area (Å²) in [6.45, 7) is 2.83. The molecule has 0 radical (unpaired) electrons. The number of benzene rings is 1. The van der Waals surface area contributed by atoms with Crippen LogP contribution in [-0.2, 0) is 22.5 Å². The maximum atomic E-state index is 12.3. The molecule has 2 aliphatic rings. The number of ether oxygens (including phenoxy) is 3. The topological polar surface area (TPSA) is 85.8 Å². The van der Waals surface area contributed by atoms with Crippen LogP contribution >= 0.6 is 0 Å². The Morgan fingerprint density at radius 1 is 1.10 bits per heavy atom. The maximum Gasteiger partial charge on any atom is 0.228 e. The monoisotopic (exact) mass is 398 g/mol. The molecule has 1 fully saturated rings. The van der Waals surface area contributed by atoms with Gasteiger partial charge >= 0.3 is 0 Å². The number of fused-ring (bicyclic) bond motifs is 1. The molecule has 1 amide bonds. The van der Waals surface area contributed by atoms with E-state index in [9.17, 15) is 4.79 Å². The fourth-order valence-electron chi connectivity index (χ4n) is 3.83. The number of carbonyl (C=O) groups is 1. The quantitative estimate of drug-likeness (QED) is 0.828. The number of nitrogens with zero attached hydrogens (tertiary/aromatic N) is 3. The van der Waals surface area contributed by atoms with E-state index in [0.717, 1.165) is 49.7 Å². The van der Waals surface area contributed by atoms with Gasteiger partial charge in [-0.3, -0.25) is 4.79 Å². The molecule has 1 aromatic heterocycles. The van der Waals surface area contributed by atoms with E-state index < -0.39 is 0 Å². The van der Waals surface area contributed by atoms with Crippen molar-refractivity contribution < 1.29 is 19.0 Å². The van der Waals surface area contributed by atoms with Crippen LogP contribution in [0.5, 0.6) is 11.5 Å². The number of aromatic nitrogens is 2. The molecule has 2 aromatic rings. The summed E-state index contributed by atoms with van der Waals surface area (Å²) in [5.74, 6) is 2.72. The second-order valence-corrected chi connectivity index (χ2v) is 7.30. The van der Waals surface area contributed by atoms with Gasteiger partial charge in [-0.1, -0.05) is 0 Å². The number of hydrogen-bond donors (Lipinski definition) is 1. The Morgan fingerprint density at radius 2 is 1.83 bits per heavy atom. The van der Waals surface area contributed by atoms with Gasteiger partial charge in [0, 0.05) is 32.2 Å². The lowest BCUT2D eigenvalue weighted by molar-refractivity contribution is -0.122. The molecule has 8 nitrogen and oxygen atoms in total. The molecular weight excluding hydrogens is 372 g/mol. The van der Waals surface area contributed by atoms with Crippen molar-refractivity contribution in [1.82, 2.24) is 10.2 Å². The van der Waals surface area contributed by atoms with E-state index in [1.165, 1.54) is 11.1 Å². The van der Waals surface area contributed by atoms with Crippen molar-refractivity contribution in [1.29, 1.82) is 0 Å². The highest BCUT2D eigenvalue weighted by atomic mass is 16.5. The fourth-order valence-corrected chi connectivity index (χ4v) is 3.83. The van der Waals surface area contributed by atoms with Crippen LogP contribution in [0.3, 0.4) is 0 Å². The lowest BCUT2D eigenvalue weighted by Crippen LogP contribution is -2.31. The normalized spacial score (nSPS) is 16.8. The zero-order chi connectivity index (χ0) is 20.2. The van der Waals surface area contributed by atoms with Gasteiger partial charge in [0.2, 0.25) is 5.91 Å². The minimum absolute atomic E-state index is 0.0108. The summed E-state index contributed by atoms with van der Waals surface area (Å²) < 4.78 is 16.1. The molecule has 2 aliphatic heterocycles. The SMILES string of the molecule is COc1cc2c(cc1OC)CN(c1ccc(NC(=O)C3CCOCC3)nn1)CC2. The standard InChI is InChI=1S/C21H26N4O4/c1-27-17-11-15-5-8-25(13-16(15)12-18(17)28-2)20-4-3-19(23-24-20)22-21(26)14-6-9-29-10-7-14/h3-4,11-12,14H,5-10,13H2,1-2H3,(H,22,23,26). The van der Waals surface area contributed by atoms with Gasteiger partial charge in [-0.2, -0.15) is 0 Å². The summed E-state index contributed by atoms with van der Waals surface area (Å²) in [7, 11) is 3.29. The highest BCUT2D eigenvalue weighted by Crippen LogP contribution is 2.34. The fraction of sp³-hybridized carbons (Fsp3) is 0.476. The van der Waals surface area contributed by atoms with E-state index in [4.69, 9.17) is 14.2 Å². The van der Waals surface area contributed by atoms with E-state index >= 15 is 0 Å². The molecule has 0 bridgehead atoms. The van der Waals surface area contributed by atoms with E-state index in [0.29, 0.717) is 19.0 Å². The number of methoxy groups -OCH3 is 2. The number of anilines is 2. The lowest BCUT2D eigenvalue weighted by Gasteiger charge is -2.30. The zero-order valence-corrected chi connectivity index (χ0v) is 16.8. The summed E-state index contributed by atoms with van der Waals surface area (Å²) in [5, 5.41) is 11.4. The lowest BCUT2D eigenvalue weighted by atomic mass is 9.99. The first-order valence-electron chi connectivity index (χ1n) is 9.89. The van der Waals surface area contributed by atoms with Crippen LogP contribution in [0.1, 0.15) is 24.0 Å². The van der Waals surface area contributed by atoms with Gasteiger partial charge in [0.15, 0.2) is 23.1 Å². The van der Waals surface area contributed by atoms with E-state index in [2.05, 4.69) is 20.4 Å². The van der Waals surface area contributed by atoms with Crippen LogP contribution in [0, 0.1) is 5.92 Å². The third-order valence-electron chi connectivity index (χ3n) is 5.54. The minimum Gasteiger partial charge on any atom is -0.493 e. The molecule has 1 aromatic carbocycles. The van der Waals surface area contributed by atoms with Gasteiger partial charge in [0.05, 0.1) is 14.2 Å². The van der Waals surface area contributed by atoms with Crippen molar-refractivity contribution in [3.8, 4) is 11.5 Å². The molecule has 3 heterocycles. The minimum atomic E-state index is -0.0178. The Kier molecular flexibility index (Phi) is 5.80. The molecule has 0 unspecified atom stereocenters. The van der Waals surface area contributed by atoms with Crippen LogP contribution < -0.4 is 19.7 Å². The number of nitrogens with one attached hydrogen (secondary N) is 1. The third-order valence-corrected chi connectivity index (χ3v) is 5.54. The summed E-state index contributed by atoms with van der Waals surface area (Å²) in [6, 6.07) is 7.78. The Hall–Kier alpha value is -2.87. The first-order chi connectivity index (χ1) is 14.2. The molecular formula is C21H26N4O4. The molecule has 29 heavy (non-hydrogen) atoms. The van der Waals surface area contributed by atoms with Crippen molar-refractivity contribution in [2.45, 2.75) is 25.8 Å². The van der Waals surface area contributed by atoms with Crippen LogP contribution in [-0.4, -0.2) is 50.1 Å². The Balaban J connectivity index is 1.42. The second-order valence-electron chi connectivity index (χ2n) is 7.30. The van der Waals surface area contributed by atoms with Crippen LogP contribution in [0.2, 0.25) is 0 Å². The molecule has 0 spiro atoms. The molecule has 0 atom stereocenters. The van der Waals surface area contributed by atoms with E-state index in [1.54, 1.807) is 14.2 Å². The first kappa shape index (κ1) is 19.4. The molecule has 0 saturated carbocycles. The zero-order valence-electron chi connectivity index (χ0n) is 16.8. The number of amides is 1. The highest BCUT2D eigenvalue weighted by molar-refractivity contribution is 5.91. The molecule has 154 valence electrons. The number of rotatable bonds is 5. The van der Waals surface area contributed by atoms with Crippen molar-refractivity contribution in [2.24, 2.45) is 5.92 Å². The van der Waals surface area contributed by atoms with Crippen LogP contribution in [0.15, 0.2) is 24.3 Å². The molecule has 1 N–H and O–H groups in total. The van der Waals surface area contributed by atoms with Crippen molar-refractivity contribution in [3.05, 3.63) is 35.4 Å². The largest absolute Gasteiger partial charge is 0.493 e. The van der Waals surface area contributed by atoms with Gasteiger partial charge in [-0.05, 0) is 54.7 Å². The van der Waals surface area contributed by atoms with E-state index in [-0.39, 0.29) is 11.8 Å². The Morgan fingerprint density at radius 3 is 2.48 bits per heavy atom. The summed E-state index contributed by atoms with van der Waals surface area (Å²) in [4.78, 5) is 14.5. The Bertz CT molecular complexity index is 866. The molecule has 1 saturated heterocycles. The van der Waals surface area contributed by atoms with E-state index in [1.807, 2.05) is 24.3 Å². The van der Waals surface area contributed by atoms with Gasteiger partial charge in [-0.15, -0.1) is 10.2 Å². The molecule has 4 rings (SSSR count). The van der Waals surface area contributed by atoms with Crippen molar-refractivity contribution in [3.63, 3.8) is 0 Å². The summed E-state index contributed by atoms with van der Waals surface area (Å²) in [6.07, 6.45) is 2.39. The van der Waals surface area contributed by atoms with Gasteiger partial charge in [0.1, 0.15) is 0 Å². The average molecular weight is 398 g/mol. The highest BCUT2D eigenvalue weighted by Gasteiger charge is 2.23. The second kappa shape index (κ2) is 8.65. The predicted molar refractivity (Wildman–Crippen MR) is 109 cm³/mol. The van der Waals surface area contributed by atoms with Crippen molar-refractivity contribution in [2.75, 3.05) is 44.2 Å². The average Bonchev–Trinajstić information content (AvgIpc) is 2.78. The van der Waals surface area contributed by atoms with Crippen LogP contribution in [0.25, 0.3) is 0 Å². The van der Waals surface area contributed by atoms with Gasteiger partial charge < -0.3 is 24.4 Å². The first-order valence-corrected chi connectivity index (χ1v) is 9.89. The molecule has 0 aliphatic carbocycles. The smallest absolute Gasteiger partial charge is 0.228 e. The van der Waals surface area contributed by atoms with Crippen molar-refractivity contribution >= 4 is 17.5 Å². The molecule has 8 heteroatoms. The maximum absolute atomic E-state index is 12.3. The number of carbonyl (C=O) groups excluding carboxylic acids is 1. The van der Waals surface area contributed by atoms with Crippen LogP contribution in [0.4, 0.5) is 11.6 Å².